The number of fused-ring (bicyclic) bond motifs is 1. The van der Waals surface area contributed by atoms with Gasteiger partial charge in [-0.25, -0.2) is 0 Å². The Hall–Kier alpha value is -2.54. The summed E-state index contributed by atoms with van der Waals surface area (Å²) in [6.07, 6.45) is 3.79. The summed E-state index contributed by atoms with van der Waals surface area (Å²) in [5.74, 6) is -0.476. The van der Waals surface area contributed by atoms with E-state index in [4.69, 9.17) is 5.73 Å². The van der Waals surface area contributed by atoms with Crippen LogP contribution in [-0.2, 0) is 11.2 Å². The van der Waals surface area contributed by atoms with Crippen LogP contribution >= 0.6 is 0 Å². The van der Waals surface area contributed by atoms with Crippen molar-refractivity contribution in [3.63, 3.8) is 0 Å². The van der Waals surface area contributed by atoms with Crippen LogP contribution in [0.25, 0.3) is 10.8 Å². The van der Waals surface area contributed by atoms with Crippen molar-refractivity contribution >= 4 is 29.1 Å². The molecule has 1 heterocycles. The predicted octanol–water partition coefficient (Wildman–Crippen LogP) is 1.08. The molecule has 0 aliphatic carbocycles. The predicted molar refractivity (Wildman–Crippen MR) is 103 cm³/mol. The highest BCUT2D eigenvalue weighted by Gasteiger charge is 2.24. The van der Waals surface area contributed by atoms with Crippen LogP contribution < -0.4 is 11.2 Å². The Labute approximate surface area is 152 Å². The van der Waals surface area contributed by atoms with Gasteiger partial charge in [0.1, 0.15) is 5.78 Å². The Morgan fingerprint density at radius 2 is 2.00 bits per heavy atom. The van der Waals surface area contributed by atoms with Crippen LogP contribution in [0, 0.1) is 6.92 Å². The molecule has 1 unspecified atom stereocenters. The van der Waals surface area contributed by atoms with Crippen LogP contribution in [0.4, 0.5) is 0 Å². The highest BCUT2D eigenvalue weighted by Crippen LogP contribution is 2.22. The summed E-state index contributed by atoms with van der Waals surface area (Å²) in [7, 11) is -1.57. The lowest BCUT2D eigenvalue weighted by atomic mass is 9.74. The first-order valence-electron chi connectivity index (χ1n) is 8.52. The lowest BCUT2D eigenvalue weighted by Crippen LogP contribution is -2.34. The van der Waals surface area contributed by atoms with Crippen LogP contribution in [0.1, 0.15) is 22.6 Å². The lowest BCUT2D eigenvalue weighted by molar-refractivity contribution is -0.119. The number of hydrogen-bond acceptors (Lipinski definition) is 5. The molecule has 0 aliphatic heterocycles. The van der Waals surface area contributed by atoms with Crippen LogP contribution in [0.15, 0.2) is 54.9 Å². The Morgan fingerprint density at radius 3 is 2.73 bits per heavy atom. The molecule has 0 radical (unpaired) electrons. The van der Waals surface area contributed by atoms with Gasteiger partial charge in [0.15, 0.2) is 0 Å². The van der Waals surface area contributed by atoms with Crippen molar-refractivity contribution < 1.29 is 14.8 Å². The average molecular weight is 348 g/mol. The Bertz CT molecular complexity index is 943. The van der Waals surface area contributed by atoms with Gasteiger partial charge < -0.3 is 15.8 Å². The number of carbonyl (C=O) groups excluding carboxylic acids is 1. The normalized spacial score (nSPS) is 12.2. The molecular weight excluding hydrogens is 327 g/mol. The van der Waals surface area contributed by atoms with E-state index in [1.54, 1.807) is 31.5 Å². The standard InChI is InChI=1S/C20H21BN2O3/c1-13-17(3-2-4-19(13)21(25)26)18(11-22)20(24)10-14-5-6-16-12-23-8-7-15(16)9-14/h2-9,12,18,25-26H,10-11,22H2,1H3. The molecule has 1 atom stereocenters. The van der Waals surface area contributed by atoms with E-state index in [9.17, 15) is 14.8 Å². The Balaban J connectivity index is 1.88. The lowest BCUT2D eigenvalue weighted by Gasteiger charge is -2.19. The van der Waals surface area contributed by atoms with E-state index in [0.717, 1.165) is 21.9 Å². The number of hydrogen-bond donors (Lipinski definition) is 3. The maximum Gasteiger partial charge on any atom is 0.488 e. The molecule has 4 N–H and O–H groups in total. The molecule has 3 rings (SSSR count). The molecule has 0 saturated carbocycles. The van der Waals surface area contributed by atoms with Crippen LogP contribution in [0.3, 0.4) is 0 Å². The van der Waals surface area contributed by atoms with Crippen molar-refractivity contribution in [3.05, 3.63) is 71.5 Å². The molecule has 0 amide bonds. The van der Waals surface area contributed by atoms with E-state index in [0.29, 0.717) is 11.0 Å². The van der Waals surface area contributed by atoms with E-state index in [2.05, 4.69) is 4.98 Å². The molecule has 0 spiro atoms. The zero-order valence-corrected chi connectivity index (χ0v) is 14.6. The van der Waals surface area contributed by atoms with Crippen molar-refractivity contribution in [2.75, 3.05) is 6.54 Å². The van der Waals surface area contributed by atoms with Crippen molar-refractivity contribution in [1.82, 2.24) is 4.98 Å². The fourth-order valence-corrected chi connectivity index (χ4v) is 3.33. The largest absolute Gasteiger partial charge is 0.488 e. The second kappa shape index (κ2) is 7.78. The first-order valence-corrected chi connectivity index (χ1v) is 8.52. The van der Waals surface area contributed by atoms with Crippen molar-refractivity contribution in [1.29, 1.82) is 0 Å². The molecule has 3 aromatic rings. The fourth-order valence-electron chi connectivity index (χ4n) is 3.33. The summed E-state index contributed by atoms with van der Waals surface area (Å²) in [5.41, 5.74) is 8.64. The number of nitrogens with zero attached hydrogens (tertiary/aromatic N) is 1. The number of carbonyl (C=O) groups is 1. The molecule has 0 bridgehead atoms. The fraction of sp³-hybridized carbons (Fsp3) is 0.200. The minimum atomic E-state index is -1.57. The number of benzene rings is 2. The molecule has 6 heteroatoms. The average Bonchev–Trinajstić information content (AvgIpc) is 2.63. The van der Waals surface area contributed by atoms with Gasteiger partial charge in [-0.05, 0) is 40.5 Å². The molecule has 0 fully saturated rings. The monoisotopic (exact) mass is 348 g/mol. The Kier molecular flexibility index (Phi) is 5.47. The minimum Gasteiger partial charge on any atom is -0.423 e. The van der Waals surface area contributed by atoms with Gasteiger partial charge in [-0.2, -0.15) is 0 Å². The molecule has 0 aliphatic rings. The smallest absolute Gasteiger partial charge is 0.423 e. The maximum absolute atomic E-state index is 12.9. The summed E-state index contributed by atoms with van der Waals surface area (Å²) in [6.45, 7) is 1.95. The summed E-state index contributed by atoms with van der Waals surface area (Å²) in [4.78, 5) is 17.0. The van der Waals surface area contributed by atoms with Crippen molar-refractivity contribution in [2.24, 2.45) is 5.73 Å². The highest BCUT2D eigenvalue weighted by atomic mass is 16.4. The van der Waals surface area contributed by atoms with E-state index < -0.39 is 13.0 Å². The van der Waals surface area contributed by atoms with Gasteiger partial charge >= 0.3 is 7.12 Å². The van der Waals surface area contributed by atoms with Crippen molar-refractivity contribution in [2.45, 2.75) is 19.3 Å². The molecule has 1 aromatic heterocycles. The van der Waals surface area contributed by atoms with E-state index >= 15 is 0 Å². The van der Waals surface area contributed by atoms with E-state index in [1.165, 1.54) is 0 Å². The van der Waals surface area contributed by atoms with Gasteiger partial charge in [-0.1, -0.05) is 36.4 Å². The van der Waals surface area contributed by atoms with Gasteiger partial charge in [0, 0.05) is 30.7 Å². The summed E-state index contributed by atoms with van der Waals surface area (Å²) >= 11 is 0. The number of ketones is 1. The molecule has 0 saturated heterocycles. The van der Waals surface area contributed by atoms with Crippen LogP contribution in [0.2, 0.25) is 0 Å². The quantitative estimate of drug-likeness (QED) is 0.579. The first kappa shape index (κ1) is 18.3. The highest BCUT2D eigenvalue weighted by molar-refractivity contribution is 6.59. The van der Waals surface area contributed by atoms with Gasteiger partial charge in [0.05, 0.1) is 5.92 Å². The number of Topliss-reactive ketones (excluding diaryl/α,β-unsaturated/α-hetero) is 1. The van der Waals surface area contributed by atoms with Crippen LogP contribution in [-0.4, -0.2) is 34.5 Å². The second-order valence-corrected chi connectivity index (χ2v) is 6.42. The van der Waals surface area contributed by atoms with Gasteiger partial charge in [0.25, 0.3) is 0 Å². The molecule has 5 nitrogen and oxygen atoms in total. The third-order valence-corrected chi connectivity index (χ3v) is 4.78. The SMILES string of the molecule is Cc1c(B(O)O)cccc1C(CN)C(=O)Cc1ccc2cnccc2c1. The minimum absolute atomic E-state index is 0.00795. The Morgan fingerprint density at radius 1 is 1.19 bits per heavy atom. The van der Waals surface area contributed by atoms with Crippen LogP contribution in [0.5, 0.6) is 0 Å². The van der Waals surface area contributed by atoms with E-state index in [1.807, 2.05) is 30.3 Å². The molecule has 26 heavy (non-hydrogen) atoms. The zero-order valence-electron chi connectivity index (χ0n) is 14.6. The number of nitrogens with two attached hydrogens (primary N) is 1. The van der Waals surface area contributed by atoms with Crippen molar-refractivity contribution in [3.8, 4) is 0 Å². The molecular formula is C20H21BN2O3. The van der Waals surface area contributed by atoms with E-state index in [-0.39, 0.29) is 18.7 Å². The third kappa shape index (κ3) is 3.67. The molecule has 132 valence electrons. The van der Waals surface area contributed by atoms with Gasteiger partial charge in [0.2, 0.25) is 0 Å². The number of rotatable bonds is 6. The second-order valence-electron chi connectivity index (χ2n) is 6.42. The molecule has 2 aromatic carbocycles. The number of aromatic nitrogens is 1. The van der Waals surface area contributed by atoms with Gasteiger partial charge in [-0.15, -0.1) is 0 Å². The van der Waals surface area contributed by atoms with Gasteiger partial charge in [-0.3, -0.25) is 9.78 Å². The topological polar surface area (TPSA) is 96.4 Å². The number of pyridine rings is 1. The first-order chi connectivity index (χ1) is 12.5. The maximum atomic E-state index is 12.9. The third-order valence-electron chi connectivity index (χ3n) is 4.78. The summed E-state index contributed by atoms with van der Waals surface area (Å²) < 4.78 is 0. The summed E-state index contributed by atoms with van der Waals surface area (Å²) in [6, 6.07) is 13.0. The summed E-state index contributed by atoms with van der Waals surface area (Å²) in [5, 5.41) is 21.0. The zero-order chi connectivity index (χ0) is 18.7.